The van der Waals surface area contributed by atoms with Crippen LogP contribution in [-0.2, 0) is 21.0 Å². The molecule has 34 heavy (non-hydrogen) atoms. The maximum absolute atomic E-state index is 13.3. The first kappa shape index (κ1) is 25.0. The van der Waals surface area contributed by atoms with Crippen molar-refractivity contribution in [2.45, 2.75) is 11.1 Å². The predicted octanol–water partition coefficient (Wildman–Crippen LogP) is 5.10. The number of hydrogen-bond acceptors (Lipinski definition) is 5. The fourth-order valence-electron chi connectivity index (χ4n) is 2.96. The van der Waals surface area contributed by atoms with E-state index in [-0.39, 0.29) is 21.3 Å². The van der Waals surface area contributed by atoms with Crippen LogP contribution in [0.4, 0.5) is 30.2 Å². The van der Waals surface area contributed by atoms with E-state index >= 15 is 0 Å². The van der Waals surface area contributed by atoms with Crippen LogP contribution in [0.3, 0.4) is 0 Å². The highest BCUT2D eigenvalue weighted by molar-refractivity contribution is 7.92. The lowest BCUT2D eigenvalue weighted by Gasteiger charge is -2.24. The van der Waals surface area contributed by atoms with E-state index in [1.807, 2.05) is 0 Å². The van der Waals surface area contributed by atoms with Gasteiger partial charge in [0.15, 0.2) is 0 Å². The van der Waals surface area contributed by atoms with Crippen LogP contribution in [-0.4, -0.2) is 25.8 Å². The third kappa shape index (κ3) is 5.64. The van der Waals surface area contributed by atoms with Crippen LogP contribution < -0.4 is 9.62 Å². The normalized spacial score (nSPS) is 11.6. The monoisotopic (exact) mass is 513 g/mol. The van der Waals surface area contributed by atoms with Crippen LogP contribution in [0.5, 0.6) is 0 Å². The number of sulfonamides is 1. The fourth-order valence-corrected chi connectivity index (χ4v) is 4.57. The van der Waals surface area contributed by atoms with Crippen molar-refractivity contribution in [3.8, 4) is 0 Å². The molecule has 0 saturated carbocycles. The molecule has 8 nitrogen and oxygen atoms in total. The molecule has 0 aliphatic heterocycles. The van der Waals surface area contributed by atoms with Crippen molar-refractivity contribution in [2.75, 3.05) is 16.2 Å². The topological polar surface area (TPSA) is 110 Å². The molecule has 0 aliphatic rings. The molecule has 13 heteroatoms. The highest BCUT2D eigenvalue weighted by Gasteiger charge is 2.35. The summed E-state index contributed by atoms with van der Waals surface area (Å²) >= 11 is 5.64. The second-order valence-electron chi connectivity index (χ2n) is 6.83. The molecule has 3 rings (SSSR count). The Labute approximate surface area is 196 Å². The summed E-state index contributed by atoms with van der Waals surface area (Å²) in [6, 6.07) is 14.1. The van der Waals surface area contributed by atoms with Gasteiger partial charge in [0.05, 0.1) is 26.8 Å². The van der Waals surface area contributed by atoms with Crippen molar-refractivity contribution >= 4 is 44.6 Å². The van der Waals surface area contributed by atoms with Crippen molar-refractivity contribution in [3.63, 3.8) is 0 Å². The zero-order valence-electron chi connectivity index (χ0n) is 17.0. The summed E-state index contributed by atoms with van der Waals surface area (Å²) in [4.78, 5) is 22.7. The Morgan fingerprint density at radius 3 is 2.21 bits per heavy atom. The molecule has 0 spiro atoms. The van der Waals surface area contributed by atoms with Gasteiger partial charge in [-0.3, -0.25) is 19.2 Å². The van der Waals surface area contributed by atoms with Gasteiger partial charge >= 0.3 is 6.18 Å². The molecule has 1 amide bonds. The van der Waals surface area contributed by atoms with Crippen LogP contribution in [0.2, 0.25) is 5.02 Å². The molecule has 0 aliphatic carbocycles. The number of nitrogens with zero attached hydrogens (tertiary/aromatic N) is 2. The van der Waals surface area contributed by atoms with Gasteiger partial charge in [-0.25, -0.2) is 8.42 Å². The van der Waals surface area contributed by atoms with E-state index in [1.54, 1.807) is 6.07 Å². The van der Waals surface area contributed by atoms with Gasteiger partial charge in [-0.05, 0) is 42.5 Å². The summed E-state index contributed by atoms with van der Waals surface area (Å²) in [7, 11) is -4.36. The van der Waals surface area contributed by atoms with Gasteiger partial charge in [0.25, 0.3) is 15.7 Å². The SMILES string of the molecule is O=C(CN(c1ccc([N+](=O)[O-])cc1)S(=O)(=O)c1ccccc1)Nc1ccc(Cl)cc1C(F)(F)F. The Kier molecular flexibility index (Phi) is 7.12. The first-order valence-corrected chi connectivity index (χ1v) is 11.2. The van der Waals surface area contributed by atoms with Crippen LogP contribution >= 0.6 is 11.6 Å². The number of anilines is 2. The molecule has 0 radical (unpaired) electrons. The number of halogens is 4. The minimum absolute atomic E-state index is 0.100. The second kappa shape index (κ2) is 9.69. The molecule has 3 aromatic carbocycles. The van der Waals surface area contributed by atoms with Gasteiger partial charge in [0.2, 0.25) is 5.91 Å². The average Bonchev–Trinajstić information content (AvgIpc) is 2.78. The summed E-state index contributed by atoms with van der Waals surface area (Å²) in [5.74, 6) is -1.08. The van der Waals surface area contributed by atoms with Gasteiger partial charge < -0.3 is 5.32 Å². The standard InChI is InChI=1S/C21H15ClF3N3O5S/c22-14-6-11-19(18(12-14)21(23,24)25)26-20(29)13-27(15-7-9-16(10-8-15)28(30)31)34(32,33)17-4-2-1-3-5-17/h1-12H,13H2,(H,26,29). The van der Waals surface area contributed by atoms with Crippen LogP contribution in [0.15, 0.2) is 77.7 Å². The third-order valence-electron chi connectivity index (χ3n) is 4.53. The first-order valence-electron chi connectivity index (χ1n) is 9.38. The molecular formula is C21H15ClF3N3O5S. The quantitative estimate of drug-likeness (QED) is 0.349. The Morgan fingerprint density at radius 1 is 1.03 bits per heavy atom. The largest absolute Gasteiger partial charge is 0.418 e. The number of alkyl halides is 3. The van der Waals surface area contributed by atoms with Gasteiger partial charge in [0, 0.05) is 17.2 Å². The first-order chi connectivity index (χ1) is 15.9. The maximum Gasteiger partial charge on any atom is 0.418 e. The van der Waals surface area contributed by atoms with E-state index in [1.165, 1.54) is 24.3 Å². The van der Waals surface area contributed by atoms with Gasteiger partial charge in [0.1, 0.15) is 6.54 Å². The molecule has 1 N–H and O–H groups in total. The van der Waals surface area contributed by atoms with E-state index < -0.39 is 44.8 Å². The minimum Gasteiger partial charge on any atom is -0.324 e. The number of nitro benzene ring substituents is 1. The Balaban J connectivity index is 1.98. The summed E-state index contributed by atoms with van der Waals surface area (Å²) in [5, 5.41) is 12.8. The number of rotatable bonds is 7. The number of benzene rings is 3. The summed E-state index contributed by atoms with van der Waals surface area (Å²) in [6.45, 7) is -0.908. The van der Waals surface area contributed by atoms with E-state index in [4.69, 9.17) is 11.6 Å². The third-order valence-corrected chi connectivity index (χ3v) is 6.55. The lowest BCUT2D eigenvalue weighted by Crippen LogP contribution is -2.38. The summed E-state index contributed by atoms with van der Waals surface area (Å²) < 4.78 is 67.1. The molecule has 3 aromatic rings. The molecule has 178 valence electrons. The Hall–Kier alpha value is -3.64. The lowest BCUT2D eigenvalue weighted by atomic mass is 10.1. The van der Waals surface area contributed by atoms with Crippen molar-refractivity contribution in [1.82, 2.24) is 0 Å². The highest BCUT2D eigenvalue weighted by Crippen LogP contribution is 2.36. The summed E-state index contributed by atoms with van der Waals surface area (Å²) in [5.41, 5.74) is -2.23. The van der Waals surface area contributed by atoms with Crippen molar-refractivity contribution in [2.24, 2.45) is 0 Å². The number of non-ortho nitro benzene ring substituents is 1. The molecule has 0 saturated heterocycles. The molecule has 0 aromatic heterocycles. The van der Waals surface area contributed by atoms with E-state index in [0.29, 0.717) is 10.4 Å². The van der Waals surface area contributed by atoms with Crippen molar-refractivity contribution in [3.05, 3.63) is 93.5 Å². The molecule has 0 atom stereocenters. The van der Waals surface area contributed by atoms with Gasteiger partial charge in [-0.1, -0.05) is 29.8 Å². The highest BCUT2D eigenvalue weighted by atomic mass is 35.5. The predicted molar refractivity (Wildman–Crippen MR) is 119 cm³/mol. The van der Waals surface area contributed by atoms with E-state index in [2.05, 4.69) is 5.32 Å². The van der Waals surface area contributed by atoms with E-state index in [0.717, 1.165) is 36.4 Å². The van der Waals surface area contributed by atoms with Crippen molar-refractivity contribution in [1.29, 1.82) is 0 Å². The Bertz CT molecular complexity index is 1320. The van der Waals surface area contributed by atoms with Gasteiger partial charge in [-0.15, -0.1) is 0 Å². The molecule has 0 heterocycles. The Morgan fingerprint density at radius 2 is 1.65 bits per heavy atom. The molecule has 0 bridgehead atoms. The van der Waals surface area contributed by atoms with Gasteiger partial charge in [-0.2, -0.15) is 13.2 Å². The number of hydrogen-bond donors (Lipinski definition) is 1. The number of amides is 1. The second-order valence-corrected chi connectivity index (χ2v) is 9.13. The minimum atomic E-state index is -4.83. The van der Waals surface area contributed by atoms with Crippen LogP contribution in [0.25, 0.3) is 0 Å². The summed E-state index contributed by atoms with van der Waals surface area (Å²) in [6.07, 6.45) is -4.83. The molecular weight excluding hydrogens is 499 g/mol. The van der Waals surface area contributed by atoms with Crippen LogP contribution in [0, 0.1) is 10.1 Å². The van der Waals surface area contributed by atoms with E-state index in [9.17, 15) is 36.5 Å². The lowest BCUT2D eigenvalue weighted by molar-refractivity contribution is -0.384. The number of nitro groups is 1. The van der Waals surface area contributed by atoms with Crippen molar-refractivity contribution < 1.29 is 31.3 Å². The average molecular weight is 514 g/mol. The zero-order chi connectivity index (χ0) is 25.1. The number of carbonyl (C=O) groups excluding carboxylic acids is 1. The maximum atomic E-state index is 13.3. The molecule has 0 unspecified atom stereocenters. The smallest absolute Gasteiger partial charge is 0.324 e. The number of nitrogens with one attached hydrogen (secondary N) is 1. The fraction of sp³-hybridized carbons (Fsp3) is 0.0952. The number of carbonyl (C=O) groups is 1. The molecule has 0 fully saturated rings. The zero-order valence-corrected chi connectivity index (χ0v) is 18.6. The van der Waals surface area contributed by atoms with Crippen LogP contribution in [0.1, 0.15) is 5.56 Å².